The predicted octanol–water partition coefficient (Wildman–Crippen LogP) is -0.0637. The summed E-state index contributed by atoms with van der Waals surface area (Å²) >= 11 is 0. The average Bonchev–Trinajstić information content (AvgIpc) is 2.26. The van der Waals surface area contributed by atoms with Crippen molar-refractivity contribution in [1.82, 2.24) is 10.6 Å². The number of aliphatic carboxylic acids is 1. The highest BCUT2D eigenvalue weighted by Crippen LogP contribution is 2.06. The summed E-state index contributed by atoms with van der Waals surface area (Å²) in [4.78, 5) is 21.6. The van der Waals surface area contributed by atoms with Gasteiger partial charge in [0.25, 0.3) is 0 Å². The lowest BCUT2D eigenvalue weighted by molar-refractivity contribution is -0.146. The Hall–Kier alpha value is -1.34. The van der Waals surface area contributed by atoms with Gasteiger partial charge in [-0.15, -0.1) is 0 Å². The first-order valence-corrected chi connectivity index (χ1v) is 5.85. The summed E-state index contributed by atoms with van der Waals surface area (Å²) in [5.41, 5.74) is -0.452. The predicted molar refractivity (Wildman–Crippen MR) is 65.4 cm³/mol. The fraction of sp³-hybridized carbons (Fsp3) is 0.818. The van der Waals surface area contributed by atoms with Crippen molar-refractivity contribution in [2.45, 2.75) is 38.9 Å². The highest BCUT2D eigenvalue weighted by Gasteiger charge is 2.18. The lowest BCUT2D eigenvalue weighted by atomic mass is 10.1. The topological polar surface area (TPSA) is 108 Å². The number of carbonyl (C=O) groups is 2. The molecule has 0 bridgehead atoms. The van der Waals surface area contributed by atoms with Gasteiger partial charge in [0.1, 0.15) is 0 Å². The Bertz CT molecular complexity index is 281. The van der Waals surface area contributed by atoms with E-state index in [0.29, 0.717) is 13.2 Å². The Morgan fingerprint density at radius 2 is 1.94 bits per heavy atom. The Morgan fingerprint density at radius 3 is 2.44 bits per heavy atom. The molecule has 18 heavy (non-hydrogen) atoms. The number of aliphatic hydroxyl groups is 1. The molecule has 7 heteroatoms. The summed E-state index contributed by atoms with van der Waals surface area (Å²) in [6, 6.07) is -0.416. The van der Waals surface area contributed by atoms with Crippen molar-refractivity contribution >= 4 is 12.0 Å². The van der Waals surface area contributed by atoms with Crippen LogP contribution in [0.1, 0.15) is 27.2 Å². The first-order chi connectivity index (χ1) is 8.28. The van der Waals surface area contributed by atoms with Crippen LogP contribution in [0.25, 0.3) is 0 Å². The van der Waals surface area contributed by atoms with Crippen molar-refractivity contribution in [2.75, 3.05) is 19.7 Å². The van der Waals surface area contributed by atoms with Crippen LogP contribution in [0, 0.1) is 0 Å². The number of aliphatic hydroxyl groups excluding tert-OH is 1. The number of hydrogen-bond acceptors (Lipinski definition) is 4. The number of hydrogen-bond donors (Lipinski definition) is 4. The molecular formula is C11H22N2O5. The molecule has 0 unspecified atom stereocenters. The Kier molecular flexibility index (Phi) is 7.30. The van der Waals surface area contributed by atoms with Gasteiger partial charge in [0, 0.05) is 26.1 Å². The Morgan fingerprint density at radius 1 is 1.33 bits per heavy atom. The van der Waals surface area contributed by atoms with E-state index in [2.05, 4.69) is 10.6 Å². The summed E-state index contributed by atoms with van der Waals surface area (Å²) in [7, 11) is 0. The lowest BCUT2D eigenvalue weighted by Crippen LogP contribution is -2.45. The molecule has 0 aromatic carbocycles. The van der Waals surface area contributed by atoms with Gasteiger partial charge in [-0.3, -0.25) is 0 Å². The quantitative estimate of drug-likeness (QED) is 0.490. The maximum absolute atomic E-state index is 11.3. The molecule has 4 N–H and O–H groups in total. The third-order valence-electron chi connectivity index (χ3n) is 2.20. The van der Waals surface area contributed by atoms with Gasteiger partial charge in [0.2, 0.25) is 0 Å². The van der Waals surface area contributed by atoms with E-state index in [1.54, 1.807) is 0 Å². The van der Waals surface area contributed by atoms with Crippen molar-refractivity contribution in [3.05, 3.63) is 0 Å². The van der Waals surface area contributed by atoms with Crippen LogP contribution in [0.15, 0.2) is 0 Å². The molecule has 2 amide bonds. The summed E-state index contributed by atoms with van der Waals surface area (Å²) in [6.07, 6.45) is -1.48. The summed E-state index contributed by atoms with van der Waals surface area (Å²) in [5, 5.41) is 22.5. The van der Waals surface area contributed by atoms with Crippen molar-refractivity contribution in [1.29, 1.82) is 0 Å². The SMILES string of the molecule is CCOC(C)(C)CNC(=O)NCC[C@H](O)C(=O)O. The van der Waals surface area contributed by atoms with Crippen LogP contribution in [0.5, 0.6) is 0 Å². The highest BCUT2D eigenvalue weighted by atomic mass is 16.5. The van der Waals surface area contributed by atoms with Crippen LogP contribution in [0.4, 0.5) is 4.79 Å². The molecule has 1 atom stereocenters. The van der Waals surface area contributed by atoms with E-state index >= 15 is 0 Å². The van der Waals surface area contributed by atoms with Gasteiger partial charge >= 0.3 is 12.0 Å². The molecule has 0 spiro atoms. The molecule has 0 heterocycles. The van der Waals surface area contributed by atoms with Crippen LogP contribution in [-0.4, -0.2) is 53.6 Å². The van der Waals surface area contributed by atoms with Crippen molar-refractivity contribution in [3.8, 4) is 0 Å². The second-order valence-electron chi connectivity index (χ2n) is 4.44. The van der Waals surface area contributed by atoms with Gasteiger partial charge < -0.3 is 25.6 Å². The summed E-state index contributed by atoms with van der Waals surface area (Å²) < 4.78 is 5.39. The molecule has 0 saturated heterocycles. The first-order valence-electron chi connectivity index (χ1n) is 5.85. The normalized spacial score (nSPS) is 12.9. The number of ether oxygens (including phenoxy) is 1. The molecular weight excluding hydrogens is 240 g/mol. The van der Waals surface area contributed by atoms with Crippen LogP contribution in [-0.2, 0) is 9.53 Å². The number of amides is 2. The summed E-state index contributed by atoms with van der Waals surface area (Å²) in [5.74, 6) is -1.30. The van der Waals surface area contributed by atoms with Crippen molar-refractivity contribution in [2.24, 2.45) is 0 Å². The van der Waals surface area contributed by atoms with E-state index in [-0.39, 0.29) is 13.0 Å². The van der Waals surface area contributed by atoms with Gasteiger partial charge in [0.05, 0.1) is 5.60 Å². The number of rotatable bonds is 8. The van der Waals surface area contributed by atoms with E-state index < -0.39 is 23.7 Å². The minimum absolute atomic E-state index is 0.0302. The van der Waals surface area contributed by atoms with Gasteiger partial charge in [-0.2, -0.15) is 0 Å². The number of nitrogens with one attached hydrogen (secondary N) is 2. The largest absolute Gasteiger partial charge is 0.479 e. The van der Waals surface area contributed by atoms with E-state index in [4.69, 9.17) is 14.9 Å². The summed E-state index contributed by atoms with van der Waals surface area (Å²) in [6.45, 7) is 6.56. The third-order valence-corrected chi connectivity index (χ3v) is 2.20. The van der Waals surface area contributed by atoms with E-state index in [9.17, 15) is 9.59 Å². The minimum Gasteiger partial charge on any atom is -0.479 e. The number of urea groups is 1. The zero-order chi connectivity index (χ0) is 14.2. The fourth-order valence-electron chi connectivity index (χ4n) is 1.24. The van der Waals surface area contributed by atoms with Gasteiger partial charge in [0.15, 0.2) is 6.10 Å². The molecule has 0 rings (SSSR count). The van der Waals surface area contributed by atoms with Crippen LogP contribution in [0.2, 0.25) is 0 Å². The zero-order valence-electron chi connectivity index (χ0n) is 11.0. The molecule has 0 radical (unpaired) electrons. The molecule has 0 aliphatic heterocycles. The lowest BCUT2D eigenvalue weighted by Gasteiger charge is -2.24. The average molecular weight is 262 g/mol. The molecule has 0 aliphatic rings. The monoisotopic (exact) mass is 262 g/mol. The molecule has 7 nitrogen and oxygen atoms in total. The molecule has 0 fully saturated rings. The van der Waals surface area contributed by atoms with Crippen LogP contribution >= 0.6 is 0 Å². The van der Waals surface area contributed by atoms with Crippen molar-refractivity contribution < 1.29 is 24.5 Å². The molecule has 0 aromatic heterocycles. The van der Waals surface area contributed by atoms with E-state index in [1.165, 1.54) is 0 Å². The molecule has 0 aromatic rings. The van der Waals surface area contributed by atoms with Crippen molar-refractivity contribution in [3.63, 3.8) is 0 Å². The standard InChI is InChI=1S/C11H22N2O5/c1-4-18-11(2,3)7-13-10(17)12-6-5-8(14)9(15)16/h8,14H,4-7H2,1-3H3,(H,15,16)(H2,12,13,17)/t8-/m0/s1. The van der Waals surface area contributed by atoms with E-state index in [1.807, 2.05) is 20.8 Å². The minimum atomic E-state index is -1.45. The van der Waals surface area contributed by atoms with Crippen LogP contribution < -0.4 is 10.6 Å². The van der Waals surface area contributed by atoms with Gasteiger partial charge in [-0.1, -0.05) is 0 Å². The first kappa shape index (κ1) is 16.7. The molecule has 0 aliphatic carbocycles. The van der Waals surface area contributed by atoms with Gasteiger partial charge in [-0.25, -0.2) is 9.59 Å². The maximum Gasteiger partial charge on any atom is 0.332 e. The Labute approximate surface area is 107 Å². The molecule has 0 saturated carbocycles. The zero-order valence-corrected chi connectivity index (χ0v) is 11.0. The second kappa shape index (κ2) is 7.88. The maximum atomic E-state index is 11.3. The third kappa shape index (κ3) is 7.86. The highest BCUT2D eigenvalue weighted by molar-refractivity contribution is 5.74. The van der Waals surface area contributed by atoms with Crippen LogP contribution in [0.3, 0.4) is 0 Å². The van der Waals surface area contributed by atoms with E-state index in [0.717, 1.165) is 0 Å². The second-order valence-corrected chi connectivity index (χ2v) is 4.44. The smallest absolute Gasteiger partial charge is 0.332 e. The number of carboxylic acid groups (broad SMARTS) is 1. The Balaban J connectivity index is 3.76. The number of carbonyl (C=O) groups excluding carboxylic acids is 1. The fourth-order valence-corrected chi connectivity index (χ4v) is 1.24. The van der Waals surface area contributed by atoms with Gasteiger partial charge in [-0.05, 0) is 20.8 Å². The molecule has 106 valence electrons. The number of carboxylic acids is 1.